The number of hydrogen-bond donors (Lipinski definition) is 0. The van der Waals surface area contributed by atoms with Crippen LogP contribution in [0.15, 0.2) is 51.8 Å². The molecule has 0 saturated carbocycles. The number of rotatable bonds is 6. The maximum atomic E-state index is 13.6. The highest BCUT2D eigenvalue weighted by atomic mass is 79.9. The van der Waals surface area contributed by atoms with Crippen molar-refractivity contribution in [3.8, 4) is 11.9 Å². The van der Waals surface area contributed by atoms with Gasteiger partial charge in [0.1, 0.15) is 10.6 Å². The zero-order valence-corrected chi connectivity index (χ0v) is 18.3. The minimum absolute atomic E-state index is 0.0232. The Morgan fingerprint density at radius 3 is 2.64 bits per heavy atom. The Hall–Kier alpha value is -1.79. The molecule has 1 saturated heterocycles. The molecule has 0 aromatic heterocycles. The first-order valence-corrected chi connectivity index (χ1v) is 11.2. The summed E-state index contributed by atoms with van der Waals surface area (Å²) >= 11 is 9.46. The van der Waals surface area contributed by atoms with Crippen LogP contribution in [0.5, 0.6) is 5.75 Å². The SMILES string of the molecule is COc1ccc(Cl)cc1S(=O)(=O)N(Cc1ccc(Br)cc1)C1CCN(C#N)C1. The van der Waals surface area contributed by atoms with Gasteiger partial charge in [-0.05, 0) is 42.3 Å². The quantitative estimate of drug-likeness (QED) is 0.582. The van der Waals surface area contributed by atoms with Crippen molar-refractivity contribution in [3.05, 3.63) is 57.5 Å². The van der Waals surface area contributed by atoms with Crippen LogP contribution in [0.1, 0.15) is 12.0 Å². The fourth-order valence-electron chi connectivity index (χ4n) is 3.23. The topological polar surface area (TPSA) is 73.6 Å². The Morgan fingerprint density at radius 1 is 1.32 bits per heavy atom. The summed E-state index contributed by atoms with van der Waals surface area (Å²) in [5.74, 6) is 0.236. The summed E-state index contributed by atoms with van der Waals surface area (Å²) in [5, 5.41) is 9.50. The van der Waals surface area contributed by atoms with E-state index in [1.54, 1.807) is 17.0 Å². The molecule has 6 nitrogen and oxygen atoms in total. The molecule has 1 unspecified atom stereocenters. The molecule has 0 radical (unpaired) electrons. The van der Waals surface area contributed by atoms with E-state index in [2.05, 4.69) is 22.1 Å². The first kappa shape index (κ1) is 20.9. The molecule has 0 aliphatic carbocycles. The van der Waals surface area contributed by atoms with Crippen LogP contribution in [0.3, 0.4) is 0 Å². The van der Waals surface area contributed by atoms with Gasteiger partial charge in [-0.3, -0.25) is 0 Å². The van der Waals surface area contributed by atoms with Crippen LogP contribution in [0.4, 0.5) is 0 Å². The fraction of sp³-hybridized carbons (Fsp3) is 0.316. The van der Waals surface area contributed by atoms with E-state index >= 15 is 0 Å². The Balaban J connectivity index is 2.03. The zero-order chi connectivity index (χ0) is 20.3. The van der Waals surface area contributed by atoms with Gasteiger partial charge in [-0.15, -0.1) is 0 Å². The zero-order valence-electron chi connectivity index (χ0n) is 15.2. The molecule has 0 amide bonds. The van der Waals surface area contributed by atoms with Crippen LogP contribution in [0.2, 0.25) is 5.02 Å². The molecule has 1 heterocycles. The average molecular weight is 485 g/mol. The lowest BCUT2D eigenvalue weighted by molar-refractivity contribution is 0.312. The lowest BCUT2D eigenvalue weighted by atomic mass is 10.2. The number of sulfonamides is 1. The Labute approximate surface area is 178 Å². The molecule has 148 valence electrons. The van der Waals surface area contributed by atoms with Gasteiger partial charge in [-0.1, -0.05) is 39.7 Å². The largest absolute Gasteiger partial charge is 0.495 e. The van der Waals surface area contributed by atoms with Crippen LogP contribution < -0.4 is 4.74 Å². The van der Waals surface area contributed by atoms with E-state index in [1.165, 1.54) is 17.5 Å². The summed E-state index contributed by atoms with van der Waals surface area (Å²) in [4.78, 5) is 1.60. The van der Waals surface area contributed by atoms with Gasteiger partial charge < -0.3 is 9.64 Å². The summed E-state index contributed by atoms with van der Waals surface area (Å²) in [6, 6.07) is 11.7. The molecule has 2 aromatic carbocycles. The van der Waals surface area contributed by atoms with Crippen molar-refractivity contribution in [2.24, 2.45) is 0 Å². The summed E-state index contributed by atoms with van der Waals surface area (Å²) in [5.41, 5.74) is 0.850. The van der Waals surface area contributed by atoms with Crippen molar-refractivity contribution in [1.29, 1.82) is 5.26 Å². The smallest absolute Gasteiger partial charge is 0.247 e. The third kappa shape index (κ3) is 4.44. The van der Waals surface area contributed by atoms with Crippen LogP contribution >= 0.6 is 27.5 Å². The second-order valence-corrected chi connectivity index (χ2v) is 9.67. The molecule has 3 rings (SSSR count). The number of halogens is 2. The highest BCUT2D eigenvalue weighted by Crippen LogP contribution is 2.33. The molecule has 28 heavy (non-hydrogen) atoms. The van der Waals surface area contributed by atoms with E-state index in [1.807, 2.05) is 24.3 Å². The number of benzene rings is 2. The normalized spacial score (nSPS) is 17.0. The first-order valence-electron chi connectivity index (χ1n) is 8.59. The molecule has 9 heteroatoms. The third-order valence-electron chi connectivity index (χ3n) is 4.68. The number of nitriles is 1. The Morgan fingerprint density at radius 2 is 2.04 bits per heavy atom. The highest BCUT2D eigenvalue weighted by Gasteiger charge is 2.37. The number of hydrogen-bond acceptors (Lipinski definition) is 5. The monoisotopic (exact) mass is 483 g/mol. The average Bonchev–Trinajstić information content (AvgIpc) is 3.16. The number of ether oxygens (including phenoxy) is 1. The van der Waals surface area contributed by atoms with Gasteiger partial charge in [-0.25, -0.2) is 8.42 Å². The highest BCUT2D eigenvalue weighted by molar-refractivity contribution is 9.10. The summed E-state index contributed by atoms with van der Waals surface area (Å²) in [6.45, 7) is 1.07. The predicted octanol–water partition coefficient (Wildman–Crippen LogP) is 3.86. The summed E-state index contributed by atoms with van der Waals surface area (Å²) in [7, 11) is -2.49. The van der Waals surface area contributed by atoms with Crippen molar-refractivity contribution >= 4 is 37.6 Å². The van der Waals surface area contributed by atoms with Gasteiger partial charge in [0.05, 0.1) is 7.11 Å². The van der Waals surface area contributed by atoms with E-state index in [9.17, 15) is 13.7 Å². The van der Waals surface area contributed by atoms with Crippen molar-refractivity contribution in [1.82, 2.24) is 9.21 Å². The first-order chi connectivity index (χ1) is 13.3. The van der Waals surface area contributed by atoms with Gasteiger partial charge >= 0.3 is 0 Å². The standard InChI is InChI=1S/C19H19BrClN3O3S/c1-27-18-7-6-16(21)10-19(18)28(25,26)24(17-8-9-23(12-17)13-22)11-14-2-4-15(20)5-3-14/h2-7,10,17H,8-9,11-12H2,1H3. The molecule has 2 aromatic rings. The lowest BCUT2D eigenvalue weighted by Crippen LogP contribution is -2.41. The van der Waals surface area contributed by atoms with Gasteiger partial charge in [0.15, 0.2) is 6.19 Å². The van der Waals surface area contributed by atoms with Crippen molar-refractivity contribution in [2.75, 3.05) is 20.2 Å². The minimum atomic E-state index is -3.91. The molecule has 0 bridgehead atoms. The molecule has 0 N–H and O–H groups in total. The summed E-state index contributed by atoms with van der Waals surface area (Å²) < 4.78 is 34.8. The van der Waals surface area contributed by atoms with Gasteiger partial charge in [0.25, 0.3) is 0 Å². The maximum absolute atomic E-state index is 13.6. The van der Waals surface area contributed by atoms with Crippen LogP contribution in [0, 0.1) is 11.5 Å². The number of likely N-dealkylation sites (tertiary alicyclic amines) is 1. The van der Waals surface area contributed by atoms with Crippen LogP contribution in [-0.4, -0.2) is 43.9 Å². The Kier molecular flexibility index (Phi) is 6.50. The van der Waals surface area contributed by atoms with Crippen molar-refractivity contribution in [2.45, 2.75) is 23.9 Å². The number of nitrogens with zero attached hydrogens (tertiary/aromatic N) is 3. The van der Waals surface area contributed by atoms with E-state index in [-0.39, 0.29) is 23.2 Å². The lowest BCUT2D eigenvalue weighted by Gasteiger charge is -2.28. The maximum Gasteiger partial charge on any atom is 0.247 e. The van der Waals surface area contributed by atoms with E-state index in [4.69, 9.17) is 16.3 Å². The molecule has 0 spiro atoms. The molecule has 1 aliphatic rings. The van der Waals surface area contributed by atoms with Gasteiger partial charge in [-0.2, -0.15) is 9.57 Å². The van der Waals surface area contributed by atoms with Gasteiger partial charge in [0, 0.05) is 35.2 Å². The summed E-state index contributed by atoms with van der Waals surface area (Å²) in [6.07, 6.45) is 2.68. The molecule has 1 atom stereocenters. The van der Waals surface area contributed by atoms with Gasteiger partial charge in [0.2, 0.25) is 10.0 Å². The third-order valence-corrected chi connectivity index (χ3v) is 7.36. The predicted molar refractivity (Wildman–Crippen MR) is 110 cm³/mol. The molecular weight excluding hydrogens is 466 g/mol. The van der Waals surface area contributed by atoms with Crippen molar-refractivity contribution < 1.29 is 13.2 Å². The second kappa shape index (κ2) is 8.70. The van der Waals surface area contributed by atoms with Crippen LogP contribution in [-0.2, 0) is 16.6 Å². The van der Waals surface area contributed by atoms with E-state index in [0.717, 1.165) is 10.0 Å². The van der Waals surface area contributed by atoms with Crippen LogP contribution in [0.25, 0.3) is 0 Å². The van der Waals surface area contributed by atoms with E-state index < -0.39 is 10.0 Å². The van der Waals surface area contributed by atoms with E-state index in [0.29, 0.717) is 24.5 Å². The molecule has 1 aliphatic heterocycles. The Bertz CT molecular complexity index is 992. The fourth-order valence-corrected chi connectivity index (χ4v) is 5.55. The molecular formula is C19H19BrClN3O3S. The molecule has 1 fully saturated rings. The number of methoxy groups -OCH3 is 1. The second-order valence-electron chi connectivity index (χ2n) is 6.46. The minimum Gasteiger partial charge on any atom is -0.495 e. The van der Waals surface area contributed by atoms with Crippen molar-refractivity contribution in [3.63, 3.8) is 0 Å².